The molecule has 0 aliphatic carbocycles. The molecule has 3 rings (SSSR count). The van der Waals surface area contributed by atoms with E-state index < -0.39 is 65.2 Å². The van der Waals surface area contributed by atoms with Crippen LogP contribution >= 0.6 is 0 Å². The predicted molar refractivity (Wildman–Crippen MR) is 107 cm³/mol. The SMILES string of the molecule is CC1(C)CN(c2ncc(OC(=O)N(CC(F)(F)F)c3ccc(F)c(C(F)(F)F)c3)c(N)n2)C(=O)N1. The van der Waals surface area contributed by atoms with Crippen LogP contribution in [-0.4, -0.2) is 46.9 Å². The molecule has 2 heterocycles. The van der Waals surface area contributed by atoms with E-state index in [0.29, 0.717) is 6.07 Å². The Morgan fingerprint density at radius 2 is 1.91 bits per heavy atom. The van der Waals surface area contributed by atoms with Crippen LogP contribution in [0.5, 0.6) is 5.75 Å². The van der Waals surface area contributed by atoms with E-state index in [9.17, 15) is 40.3 Å². The highest BCUT2D eigenvalue weighted by molar-refractivity contribution is 5.94. The maximum absolute atomic E-state index is 13.6. The molecule has 1 aromatic carbocycles. The van der Waals surface area contributed by atoms with Gasteiger partial charge in [-0.1, -0.05) is 0 Å². The fourth-order valence-corrected chi connectivity index (χ4v) is 3.10. The molecule has 16 heteroatoms. The number of carbonyl (C=O) groups excluding carboxylic acids is 2. The van der Waals surface area contributed by atoms with Crippen molar-refractivity contribution < 1.29 is 45.1 Å². The fraction of sp³-hybridized carbons (Fsp3) is 0.368. The molecule has 0 unspecified atom stereocenters. The van der Waals surface area contributed by atoms with Gasteiger partial charge in [-0.25, -0.2) is 19.0 Å². The Morgan fingerprint density at radius 3 is 2.43 bits per heavy atom. The second-order valence-electron chi connectivity index (χ2n) is 8.05. The Morgan fingerprint density at radius 1 is 1.26 bits per heavy atom. The van der Waals surface area contributed by atoms with Crippen molar-refractivity contribution in [3.63, 3.8) is 0 Å². The summed E-state index contributed by atoms with van der Waals surface area (Å²) in [4.78, 5) is 33.1. The van der Waals surface area contributed by atoms with Crippen molar-refractivity contribution in [2.45, 2.75) is 31.7 Å². The van der Waals surface area contributed by atoms with Crippen LogP contribution in [0.25, 0.3) is 0 Å². The van der Waals surface area contributed by atoms with Crippen LogP contribution in [0.15, 0.2) is 24.4 Å². The minimum absolute atomic E-state index is 0.0407. The van der Waals surface area contributed by atoms with E-state index in [0.717, 1.165) is 11.1 Å². The first-order valence-corrected chi connectivity index (χ1v) is 9.62. The predicted octanol–water partition coefficient (Wildman–Crippen LogP) is 4.09. The van der Waals surface area contributed by atoms with Crippen molar-refractivity contribution in [1.29, 1.82) is 0 Å². The van der Waals surface area contributed by atoms with Gasteiger partial charge in [0.25, 0.3) is 0 Å². The zero-order valence-electron chi connectivity index (χ0n) is 18.0. The third-order valence-corrected chi connectivity index (χ3v) is 4.58. The lowest BCUT2D eigenvalue weighted by molar-refractivity contribution is -0.139. The summed E-state index contributed by atoms with van der Waals surface area (Å²) in [6.07, 6.45) is -11.3. The minimum Gasteiger partial charge on any atom is -0.404 e. The summed E-state index contributed by atoms with van der Waals surface area (Å²) in [6, 6.07) is 0.309. The summed E-state index contributed by atoms with van der Waals surface area (Å²) < 4.78 is 96.6. The van der Waals surface area contributed by atoms with Crippen LogP contribution in [0.1, 0.15) is 19.4 Å². The number of aromatic nitrogens is 2. The normalized spacial score (nSPS) is 15.7. The Hall–Kier alpha value is -3.85. The number of nitrogens with zero attached hydrogens (tertiary/aromatic N) is 4. The number of hydrogen-bond donors (Lipinski definition) is 2. The molecule has 1 aliphatic rings. The zero-order valence-corrected chi connectivity index (χ0v) is 18.0. The number of alkyl halides is 6. The summed E-state index contributed by atoms with van der Waals surface area (Å²) in [5.41, 5.74) is 2.25. The summed E-state index contributed by atoms with van der Waals surface area (Å²) in [5, 5.41) is 2.64. The third kappa shape index (κ3) is 5.99. The third-order valence-electron chi connectivity index (χ3n) is 4.58. The number of nitrogens with two attached hydrogens (primary N) is 1. The van der Waals surface area contributed by atoms with Crippen LogP contribution in [0.3, 0.4) is 0 Å². The van der Waals surface area contributed by atoms with E-state index in [-0.39, 0.29) is 29.5 Å². The van der Waals surface area contributed by atoms with Crippen LogP contribution in [0.4, 0.5) is 57.8 Å². The van der Waals surface area contributed by atoms with Crippen molar-refractivity contribution >= 4 is 29.6 Å². The molecule has 0 spiro atoms. The van der Waals surface area contributed by atoms with Crippen molar-refractivity contribution in [2.75, 3.05) is 28.6 Å². The molecule has 0 saturated carbocycles. The van der Waals surface area contributed by atoms with Gasteiger partial charge in [0.05, 0.1) is 23.8 Å². The van der Waals surface area contributed by atoms with Gasteiger partial charge < -0.3 is 15.8 Å². The van der Waals surface area contributed by atoms with Crippen LogP contribution in [0.2, 0.25) is 0 Å². The van der Waals surface area contributed by atoms with Crippen LogP contribution < -0.4 is 25.6 Å². The average Bonchev–Trinajstić information content (AvgIpc) is 2.99. The smallest absolute Gasteiger partial charge is 0.404 e. The Balaban J connectivity index is 1.89. The molecule has 190 valence electrons. The van der Waals surface area contributed by atoms with Gasteiger partial charge in [-0.15, -0.1) is 0 Å². The molecule has 35 heavy (non-hydrogen) atoms. The zero-order chi connectivity index (χ0) is 26.3. The maximum Gasteiger partial charge on any atom is 0.420 e. The molecule has 1 fully saturated rings. The van der Waals surface area contributed by atoms with Gasteiger partial charge >= 0.3 is 24.5 Å². The van der Waals surface area contributed by atoms with Gasteiger partial charge in [0.2, 0.25) is 5.95 Å². The number of amides is 3. The average molecular weight is 510 g/mol. The Labute approximate surface area is 192 Å². The Bertz CT molecular complexity index is 1150. The molecule has 0 radical (unpaired) electrons. The monoisotopic (exact) mass is 510 g/mol. The van der Waals surface area contributed by atoms with Crippen LogP contribution in [-0.2, 0) is 6.18 Å². The Kier molecular flexibility index (Phi) is 6.43. The molecule has 0 atom stereocenters. The molecular formula is C19H17F7N6O3. The molecule has 0 bridgehead atoms. The first-order chi connectivity index (χ1) is 16.0. The van der Waals surface area contributed by atoms with E-state index in [1.807, 2.05) is 0 Å². The summed E-state index contributed by atoms with van der Waals surface area (Å²) >= 11 is 0. The molecule has 1 aliphatic heterocycles. The van der Waals surface area contributed by atoms with Crippen molar-refractivity contribution in [3.05, 3.63) is 35.8 Å². The quantitative estimate of drug-likeness (QED) is 0.599. The van der Waals surface area contributed by atoms with Gasteiger partial charge in [-0.2, -0.15) is 31.3 Å². The number of hydrogen-bond acceptors (Lipinski definition) is 6. The lowest BCUT2D eigenvalue weighted by Crippen LogP contribution is -2.41. The van der Waals surface area contributed by atoms with Gasteiger partial charge in [-0.3, -0.25) is 9.80 Å². The summed E-state index contributed by atoms with van der Waals surface area (Å²) in [5.74, 6) is -3.10. The highest BCUT2D eigenvalue weighted by Gasteiger charge is 2.39. The standard InChI is InChI=1S/C19H17F7N6O3/c1-17(2)7-32(15(33)30-17)14-28-6-12(13(27)29-14)35-16(34)31(8-18(21,22)23)9-3-4-11(20)10(5-9)19(24,25)26/h3-6H,7-8H2,1-2H3,(H,30,33)(H2,27,28,29). The molecule has 3 amide bonds. The first kappa shape index (κ1) is 25.8. The number of halogens is 7. The van der Waals surface area contributed by atoms with Crippen molar-refractivity contribution in [1.82, 2.24) is 15.3 Å². The number of urea groups is 1. The number of nitrogen functional groups attached to an aromatic ring is 1. The second-order valence-corrected chi connectivity index (χ2v) is 8.05. The molecule has 9 nitrogen and oxygen atoms in total. The minimum atomic E-state index is -5.24. The first-order valence-electron chi connectivity index (χ1n) is 9.62. The highest BCUT2D eigenvalue weighted by atomic mass is 19.4. The van der Waals surface area contributed by atoms with Gasteiger partial charge in [0.15, 0.2) is 11.6 Å². The van der Waals surface area contributed by atoms with E-state index in [4.69, 9.17) is 10.5 Å². The molecule has 1 aromatic heterocycles. The fourth-order valence-electron chi connectivity index (χ4n) is 3.10. The van der Waals surface area contributed by atoms with Gasteiger partial charge in [0.1, 0.15) is 12.4 Å². The number of benzene rings is 1. The van der Waals surface area contributed by atoms with Gasteiger partial charge in [-0.05, 0) is 32.0 Å². The molecule has 3 N–H and O–H groups in total. The number of ether oxygens (including phenoxy) is 1. The number of nitrogens with one attached hydrogen (secondary N) is 1. The van der Waals surface area contributed by atoms with Crippen molar-refractivity contribution in [2.24, 2.45) is 0 Å². The maximum atomic E-state index is 13.6. The lowest BCUT2D eigenvalue weighted by atomic mass is 10.1. The number of carbonyl (C=O) groups is 2. The van der Waals surface area contributed by atoms with E-state index in [1.54, 1.807) is 13.8 Å². The van der Waals surface area contributed by atoms with Gasteiger partial charge in [0, 0.05) is 5.69 Å². The van der Waals surface area contributed by atoms with Crippen LogP contribution in [0, 0.1) is 5.82 Å². The topological polar surface area (TPSA) is 114 Å². The number of rotatable bonds is 4. The number of anilines is 3. The largest absolute Gasteiger partial charge is 0.420 e. The summed E-state index contributed by atoms with van der Waals surface area (Å²) in [6.45, 7) is 1.53. The van der Waals surface area contributed by atoms with E-state index in [1.165, 1.54) is 0 Å². The highest BCUT2D eigenvalue weighted by Crippen LogP contribution is 2.35. The van der Waals surface area contributed by atoms with E-state index in [2.05, 4.69) is 15.3 Å². The molecule has 1 saturated heterocycles. The van der Waals surface area contributed by atoms with Crippen molar-refractivity contribution in [3.8, 4) is 5.75 Å². The molecule has 2 aromatic rings. The van der Waals surface area contributed by atoms with E-state index >= 15 is 0 Å². The lowest BCUT2D eigenvalue weighted by Gasteiger charge is -2.24. The second kappa shape index (κ2) is 8.74. The summed E-state index contributed by atoms with van der Waals surface area (Å²) in [7, 11) is 0. The molecular weight excluding hydrogens is 493 g/mol.